The number of hydrogen-bond donors (Lipinski definition) is 0. The summed E-state index contributed by atoms with van der Waals surface area (Å²) in [7, 11) is 3.07. The maximum Gasteiger partial charge on any atom is 0.338 e. The summed E-state index contributed by atoms with van der Waals surface area (Å²) < 4.78 is 25.3. The molecule has 0 bridgehead atoms. The van der Waals surface area contributed by atoms with Crippen molar-refractivity contribution in [3.8, 4) is 17.2 Å². The highest BCUT2D eigenvalue weighted by atomic mass is 79.9. The zero-order valence-corrected chi connectivity index (χ0v) is 25.7. The summed E-state index contributed by atoms with van der Waals surface area (Å²) >= 11 is 8.38. The number of benzene rings is 2. The Balaban J connectivity index is 1.93. The molecule has 1 aliphatic rings. The van der Waals surface area contributed by atoms with E-state index < -0.39 is 12.0 Å². The molecule has 11 heteroatoms. The predicted molar refractivity (Wildman–Crippen MR) is 157 cm³/mol. The van der Waals surface area contributed by atoms with Crippen molar-refractivity contribution in [1.82, 2.24) is 4.57 Å². The van der Waals surface area contributed by atoms with Gasteiger partial charge in [0.15, 0.2) is 16.3 Å². The van der Waals surface area contributed by atoms with Gasteiger partial charge in [-0.2, -0.15) is 0 Å². The third kappa shape index (κ3) is 5.75. The minimum Gasteiger partial charge on any atom is -0.493 e. The SMILES string of the molecule is C=CCOc1ccc(/C=c2\sc3n(c2=O)[C@@H](c2cc(OC)c(OC)cc2Br)C(C(=O)OCC)=C(C)N=3)cc1Br. The molecule has 0 saturated heterocycles. The number of methoxy groups -OCH3 is 2. The average molecular weight is 678 g/mol. The molecule has 39 heavy (non-hydrogen) atoms. The van der Waals surface area contributed by atoms with Gasteiger partial charge in [-0.05, 0) is 71.2 Å². The summed E-state index contributed by atoms with van der Waals surface area (Å²) in [5.74, 6) is 1.09. The van der Waals surface area contributed by atoms with Crippen LogP contribution < -0.4 is 29.1 Å². The molecule has 3 aromatic rings. The van der Waals surface area contributed by atoms with Crippen molar-refractivity contribution in [2.24, 2.45) is 4.99 Å². The Hall–Kier alpha value is -3.15. The van der Waals surface area contributed by atoms with Crippen LogP contribution in [0.4, 0.5) is 0 Å². The number of nitrogens with zero attached hydrogens (tertiary/aromatic N) is 2. The van der Waals surface area contributed by atoms with Crippen LogP contribution in [0.5, 0.6) is 17.2 Å². The molecule has 0 aliphatic carbocycles. The molecule has 2 aromatic carbocycles. The van der Waals surface area contributed by atoms with Crippen LogP contribution in [0.2, 0.25) is 0 Å². The molecular formula is C28H26Br2N2O6S. The molecular weight excluding hydrogens is 652 g/mol. The molecule has 0 spiro atoms. The second-order valence-corrected chi connectivity index (χ2v) is 11.0. The molecule has 8 nitrogen and oxygen atoms in total. The van der Waals surface area contributed by atoms with Crippen LogP contribution >= 0.6 is 43.2 Å². The van der Waals surface area contributed by atoms with Crippen molar-refractivity contribution < 1.29 is 23.7 Å². The number of esters is 1. The highest BCUT2D eigenvalue weighted by molar-refractivity contribution is 9.10. The first-order valence-electron chi connectivity index (χ1n) is 11.9. The van der Waals surface area contributed by atoms with E-state index in [-0.39, 0.29) is 17.7 Å². The number of halogens is 2. The molecule has 0 unspecified atom stereocenters. The highest BCUT2D eigenvalue weighted by Crippen LogP contribution is 2.40. The van der Waals surface area contributed by atoms with Crippen LogP contribution in [0.1, 0.15) is 31.0 Å². The lowest BCUT2D eigenvalue weighted by Crippen LogP contribution is -2.40. The first-order chi connectivity index (χ1) is 18.7. The van der Waals surface area contributed by atoms with Crippen molar-refractivity contribution >= 4 is 55.2 Å². The van der Waals surface area contributed by atoms with Crippen molar-refractivity contribution in [3.05, 3.63) is 94.0 Å². The molecule has 204 valence electrons. The minimum atomic E-state index is -0.807. The van der Waals surface area contributed by atoms with E-state index in [1.54, 1.807) is 38.1 Å². The largest absolute Gasteiger partial charge is 0.493 e. The number of ether oxygens (including phenoxy) is 4. The quantitative estimate of drug-likeness (QED) is 0.237. The van der Waals surface area contributed by atoms with E-state index in [4.69, 9.17) is 18.9 Å². The summed E-state index contributed by atoms with van der Waals surface area (Å²) in [5.41, 5.74) is 1.88. The lowest BCUT2D eigenvalue weighted by Gasteiger charge is -2.26. The van der Waals surface area contributed by atoms with Gasteiger partial charge in [-0.15, -0.1) is 0 Å². The van der Waals surface area contributed by atoms with Gasteiger partial charge in [-0.3, -0.25) is 9.36 Å². The third-order valence-corrected chi connectivity index (χ3v) is 8.21. The van der Waals surface area contributed by atoms with E-state index >= 15 is 0 Å². The van der Waals surface area contributed by atoms with Gasteiger partial charge in [0, 0.05) is 4.47 Å². The van der Waals surface area contributed by atoms with E-state index in [1.807, 2.05) is 18.2 Å². The fraction of sp³-hybridized carbons (Fsp3) is 0.250. The van der Waals surface area contributed by atoms with Crippen LogP contribution in [-0.4, -0.2) is 38.0 Å². The van der Waals surface area contributed by atoms with E-state index in [0.29, 0.717) is 48.9 Å². The predicted octanol–water partition coefficient (Wildman–Crippen LogP) is 4.91. The second kappa shape index (κ2) is 12.4. The fourth-order valence-corrected chi connectivity index (χ4v) is 6.29. The van der Waals surface area contributed by atoms with Gasteiger partial charge in [-0.1, -0.05) is 46.0 Å². The van der Waals surface area contributed by atoms with E-state index in [1.165, 1.54) is 30.1 Å². The van der Waals surface area contributed by atoms with Gasteiger partial charge >= 0.3 is 5.97 Å². The number of carbonyl (C=O) groups excluding carboxylic acids is 1. The van der Waals surface area contributed by atoms with Gasteiger partial charge in [0.2, 0.25) is 0 Å². The Morgan fingerprint density at radius 2 is 1.85 bits per heavy atom. The van der Waals surface area contributed by atoms with Crippen LogP contribution in [0.25, 0.3) is 6.08 Å². The summed E-state index contributed by atoms with van der Waals surface area (Å²) in [6.07, 6.45) is 3.46. The first-order valence-corrected chi connectivity index (χ1v) is 14.3. The Kier molecular flexibility index (Phi) is 9.14. The smallest absolute Gasteiger partial charge is 0.338 e. The molecule has 1 aliphatic heterocycles. The molecule has 0 saturated carbocycles. The Morgan fingerprint density at radius 3 is 2.49 bits per heavy atom. The van der Waals surface area contributed by atoms with Crippen molar-refractivity contribution in [3.63, 3.8) is 0 Å². The molecule has 2 heterocycles. The van der Waals surface area contributed by atoms with Gasteiger partial charge in [-0.25, -0.2) is 9.79 Å². The number of rotatable bonds is 9. The summed E-state index contributed by atoms with van der Waals surface area (Å²) in [4.78, 5) is 32.2. The highest BCUT2D eigenvalue weighted by Gasteiger charge is 2.35. The van der Waals surface area contributed by atoms with Crippen molar-refractivity contribution in [2.45, 2.75) is 19.9 Å². The normalized spacial score (nSPS) is 14.9. The molecule has 0 N–H and O–H groups in total. The van der Waals surface area contributed by atoms with Crippen LogP contribution in [0, 0.1) is 0 Å². The van der Waals surface area contributed by atoms with E-state index in [0.717, 1.165) is 10.0 Å². The molecule has 0 amide bonds. The number of fused-ring (bicyclic) bond motifs is 1. The summed E-state index contributed by atoms with van der Waals surface area (Å²) in [6, 6.07) is 8.24. The van der Waals surface area contributed by atoms with Crippen molar-refractivity contribution in [2.75, 3.05) is 27.4 Å². The van der Waals surface area contributed by atoms with E-state index in [2.05, 4.69) is 43.4 Å². The first kappa shape index (κ1) is 28.8. The molecule has 0 radical (unpaired) electrons. The van der Waals surface area contributed by atoms with Crippen LogP contribution in [-0.2, 0) is 9.53 Å². The number of hydrogen-bond acceptors (Lipinski definition) is 8. The zero-order valence-electron chi connectivity index (χ0n) is 21.7. The Labute approximate surface area is 246 Å². The van der Waals surface area contributed by atoms with Crippen molar-refractivity contribution in [1.29, 1.82) is 0 Å². The number of carbonyl (C=O) groups is 1. The zero-order chi connectivity index (χ0) is 28.3. The van der Waals surface area contributed by atoms with Gasteiger partial charge in [0.25, 0.3) is 5.56 Å². The van der Waals surface area contributed by atoms with Gasteiger partial charge in [0.05, 0.1) is 47.1 Å². The van der Waals surface area contributed by atoms with Crippen LogP contribution in [0.3, 0.4) is 0 Å². The summed E-state index contributed by atoms with van der Waals surface area (Å²) in [5, 5.41) is 0. The summed E-state index contributed by atoms with van der Waals surface area (Å²) in [6.45, 7) is 7.70. The second-order valence-electron chi connectivity index (χ2n) is 8.32. The fourth-order valence-electron chi connectivity index (χ4n) is 4.19. The number of aromatic nitrogens is 1. The Morgan fingerprint density at radius 1 is 1.13 bits per heavy atom. The number of thiazole rings is 1. The monoisotopic (exact) mass is 676 g/mol. The van der Waals surface area contributed by atoms with Crippen LogP contribution in [0.15, 0.2) is 73.0 Å². The van der Waals surface area contributed by atoms with E-state index in [9.17, 15) is 9.59 Å². The maximum atomic E-state index is 13.9. The Bertz CT molecular complexity index is 1660. The molecule has 4 rings (SSSR count). The number of allylic oxidation sites excluding steroid dienone is 1. The average Bonchev–Trinajstić information content (AvgIpc) is 3.21. The molecule has 1 atom stereocenters. The van der Waals surface area contributed by atoms with Gasteiger partial charge in [0.1, 0.15) is 12.4 Å². The molecule has 1 aromatic heterocycles. The lowest BCUT2D eigenvalue weighted by atomic mass is 9.95. The topological polar surface area (TPSA) is 88.3 Å². The van der Waals surface area contributed by atoms with Gasteiger partial charge < -0.3 is 18.9 Å². The third-order valence-electron chi connectivity index (χ3n) is 5.92. The lowest BCUT2D eigenvalue weighted by molar-refractivity contribution is -0.139. The standard InChI is InChI=1S/C28H26Br2N2O6S/c1-6-10-38-20-9-8-16(11-19(20)30)12-23-26(33)32-25(17-13-21(35-4)22(36-5)14-18(17)29)24(27(34)37-7-2)15(3)31-28(32)39-23/h6,8-9,11-14,25H,1,7,10H2,2-5H3/b23-12-/t25-/m0/s1. The molecule has 0 fully saturated rings. The maximum absolute atomic E-state index is 13.9. The minimum absolute atomic E-state index is 0.182.